The molecule has 0 saturated carbocycles. The van der Waals surface area contributed by atoms with Gasteiger partial charge in [0.1, 0.15) is 5.82 Å². The van der Waals surface area contributed by atoms with E-state index in [1.54, 1.807) is 13.2 Å². The molecule has 0 heterocycles. The van der Waals surface area contributed by atoms with Gasteiger partial charge < -0.3 is 9.84 Å². The van der Waals surface area contributed by atoms with Crippen LogP contribution in [0.4, 0.5) is 4.39 Å². The van der Waals surface area contributed by atoms with E-state index in [9.17, 15) is 9.50 Å². The van der Waals surface area contributed by atoms with Gasteiger partial charge in [-0.05, 0) is 23.1 Å². The Morgan fingerprint density at radius 3 is 2.44 bits per heavy atom. The second-order valence-corrected chi connectivity index (χ2v) is 5.95. The molecule has 0 fully saturated rings. The average molecular weight is 275 g/mol. The summed E-state index contributed by atoms with van der Waals surface area (Å²) < 4.78 is 18.4. The number of aliphatic hydroxyl groups excluding tert-OH is 1. The Morgan fingerprint density at radius 2 is 2.00 bits per heavy atom. The van der Waals surface area contributed by atoms with Gasteiger partial charge in [-0.3, -0.25) is 0 Å². The van der Waals surface area contributed by atoms with Gasteiger partial charge in [-0.15, -0.1) is 0 Å². The van der Waals surface area contributed by atoms with Gasteiger partial charge in [0.15, 0.2) is 0 Å². The highest BCUT2D eigenvalue weighted by atomic mass is 35.5. The van der Waals surface area contributed by atoms with Crippen molar-refractivity contribution in [3.63, 3.8) is 0 Å². The monoisotopic (exact) mass is 274 g/mol. The van der Waals surface area contributed by atoms with Gasteiger partial charge in [-0.25, -0.2) is 4.39 Å². The molecule has 102 valence electrons. The third kappa shape index (κ3) is 3.94. The van der Waals surface area contributed by atoms with E-state index < -0.39 is 11.9 Å². The van der Waals surface area contributed by atoms with E-state index in [0.29, 0.717) is 6.42 Å². The summed E-state index contributed by atoms with van der Waals surface area (Å²) in [5, 5.41) is 10.3. The lowest BCUT2D eigenvalue weighted by Crippen LogP contribution is -2.40. The van der Waals surface area contributed by atoms with Crippen molar-refractivity contribution < 1.29 is 14.2 Å². The minimum absolute atomic E-state index is 0.0735. The molecule has 18 heavy (non-hydrogen) atoms. The Kier molecular flexibility index (Phi) is 5.14. The maximum Gasteiger partial charge on any atom is 0.141 e. The standard InChI is InChI=1S/C14H20ClFO2/c1-14(2,3)13(18-4)12(17)8-9-5-6-11(16)10(15)7-9/h5-7,12-13,17H,8H2,1-4H3. The molecule has 1 N–H and O–H groups in total. The maximum absolute atomic E-state index is 13.0. The lowest BCUT2D eigenvalue weighted by molar-refractivity contribution is -0.0699. The number of hydrogen-bond donors (Lipinski definition) is 1. The molecular formula is C14H20ClFO2. The van der Waals surface area contributed by atoms with E-state index in [1.165, 1.54) is 12.1 Å². The van der Waals surface area contributed by atoms with E-state index in [2.05, 4.69) is 0 Å². The molecule has 0 aromatic heterocycles. The second-order valence-electron chi connectivity index (χ2n) is 5.54. The van der Waals surface area contributed by atoms with E-state index in [0.717, 1.165) is 5.56 Å². The fourth-order valence-electron chi connectivity index (χ4n) is 2.10. The number of halogens is 2. The summed E-state index contributed by atoms with van der Waals surface area (Å²) in [4.78, 5) is 0. The van der Waals surface area contributed by atoms with Gasteiger partial charge in [0.2, 0.25) is 0 Å². The van der Waals surface area contributed by atoms with Crippen LogP contribution < -0.4 is 0 Å². The topological polar surface area (TPSA) is 29.5 Å². The predicted molar refractivity (Wildman–Crippen MR) is 71.4 cm³/mol. The van der Waals surface area contributed by atoms with Crippen LogP contribution in [0.1, 0.15) is 26.3 Å². The number of aliphatic hydroxyl groups is 1. The fraction of sp³-hybridized carbons (Fsp3) is 0.571. The van der Waals surface area contributed by atoms with E-state index in [4.69, 9.17) is 16.3 Å². The third-order valence-electron chi connectivity index (χ3n) is 2.89. The Morgan fingerprint density at radius 1 is 1.39 bits per heavy atom. The molecule has 4 heteroatoms. The van der Waals surface area contributed by atoms with Crippen LogP contribution in [0.15, 0.2) is 18.2 Å². The van der Waals surface area contributed by atoms with Crippen molar-refractivity contribution in [1.82, 2.24) is 0 Å². The van der Waals surface area contributed by atoms with Gasteiger partial charge in [-0.2, -0.15) is 0 Å². The number of benzene rings is 1. The van der Waals surface area contributed by atoms with E-state index in [1.807, 2.05) is 20.8 Å². The van der Waals surface area contributed by atoms with Gasteiger partial charge in [0.25, 0.3) is 0 Å². The average Bonchev–Trinajstić information content (AvgIpc) is 2.22. The molecule has 0 aliphatic rings. The van der Waals surface area contributed by atoms with Crippen LogP contribution in [-0.2, 0) is 11.2 Å². The summed E-state index contributed by atoms with van der Waals surface area (Å²) in [7, 11) is 1.58. The first-order valence-electron chi connectivity index (χ1n) is 5.90. The summed E-state index contributed by atoms with van der Waals surface area (Å²) in [6.07, 6.45) is -0.562. The van der Waals surface area contributed by atoms with Gasteiger partial charge >= 0.3 is 0 Å². The largest absolute Gasteiger partial charge is 0.390 e. The molecule has 1 aromatic rings. The Bertz CT molecular complexity index is 401. The molecule has 1 rings (SSSR count). The maximum atomic E-state index is 13.0. The zero-order valence-electron chi connectivity index (χ0n) is 11.2. The summed E-state index contributed by atoms with van der Waals surface area (Å²) in [6, 6.07) is 4.47. The van der Waals surface area contributed by atoms with Crippen molar-refractivity contribution in [3.8, 4) is 0 Å². The third-order valence-corrected chi connectivity index (χ3v) is 3.18. The van der Waals surface area contributed by atoms with Crippen molar-refractivity contribution >= 4 is 11.6 Å². The first kappa shape index (κ1) is 15.4. The highest BCUT2D eigenvalue weighted by molar-refractivity contribution is 6.30. The molecule has 0 amide bonds. The van der Waals surface area contributed by atoms with Crippen LogP contribution in [0.2, 0.25) is 5.02 Å². The summed E-state index contributed by atoms with van der Waals surface area (Å²) in [5.41, 5.74) is 0.623. The highest BCUT2D eigenvalue weighted by Gasteiger charge is 2.31. The molecule has 2 nitrogen and oxygen atoms in total. The van der Waals surface area contributed by atoms with Crippen molar-refractivity contribution in [3.05, 3.63) is 34.6 Å². The smallest absolute Gasteiger partial charge is 0.141 e. The van der Waals surface area contributed by atoms with E-state index in [-0.39, 0.29) is 16.5 Å². The van der Waals surface area contributed by atoms with Crippen LogP contribution >= 0.6 is 11.6 Å². The SMILES string of the molecule is COC(C(O)Cc1ccc(F)c(Cl)c1)C(C)(C)C. The first-order valence-corrected chi connectivity index (χ1v) is 6.28. The van der Waals surface area contributed by atoms with Crippen molar-refractivity contribution in [2.45, 2.75) is 39.4 Å². The minimum Gasteiger partial charge on any atom is -0.390 e. The zero-order chi connectivity index (χ0) is 13.9. The molecule has 0 aliphatic carbocycles. The van der Waals surface area contributed by atoms with Crippen molar-refractivity contribution in [2.75, 3.05) is 7.11 Å². The molecule has 0 radical (unpaired) electrons. The van der Waals surface area contributed by atoms with E-state index >= 15 is 0 Å². The summed E-state index contributed by atoms with van der Waals surface area (Å²) in [6.45, 7) is 6.01. The molecule has 0 spiro atoms. The van der Waals surface area contributed by atoms with Crippen LogP contribution in [0.3, 0.4) is 0 Å². The Labute approximate surface area is 113 Å². The molecule has 2 unspecified atom stereocenters. The molecule has 0 saturated heterocycles. The number of methoxy groups -OCH3 is 1. The molecule has 2 atom stereocenters. The predicted octanol–water partition coefficient (Wildman–Crippen LogP) is 3.44. The molecule has 0 bridgehead atoms. The van der Waals surface area contributed by atoms with Crippen LogP contribution in [-0.4, -0.2) is 24.4 Å². The first-order chi connectivity index (χ1) is 8.25. The lowest BCUT2D eigenvalue weighted by atomic mass is 9.84. The van der Waals surface area contributed by atoms with Crippen LogP contribution in [0, 0.1) is 11.2 Å². The Hall–Kier alpha value is -0.640. The fourth-order valence-corrected chi connectivity index (χ4v) is 2.31. The van der Waals surface area contributed by atoms with Crippen molar-refractivity contribution in [2.24, 2.45) is 5.41 Å². The summed E-state index contributed by atoms with van der Waals surface area (Å²) >= 11 is 5.71. The van der Waals surface area contributed by atoms with Gasteiger partial charge in [0, 0.05) is 13.5 Å². The lowest BCUT2D eigenvalue weighted by Gasteiger charge is -2.33. The number of ether oxygens (including phenoxy) is 1. The highest BCUT2D eigenvalue weighted by Crippen LogP contribution is 2.26. The van der Waals surface area contributed by atoms with Gasteiger partial charge in [-0.1, -0.05) is 38.4 Å². The number of hydrogen-bond acceptors (Lipinski definition) is 2. The normalized spacial score (nSPS) is 15.5. The van der Waals surface area contributed by atoms with Crippen LogP contribution in [0.5, 0.6) is 0 Å². The Balaban J connectivity index is 2.80. The van der Waals surface area contributed by atoms with Crippen molar-refractivity contribution in [1.29, 1.82) is 0 Å². The van der Waals surface area contributed by atoms with Crippen LogP contribution in [0.25, 0.3) is 0 Å². The number of rotatable bonds is 4. The zero-order valence-corrected chi connectivity index (χ0v) is 12.0. The van der Waals surface area contributed by atoms with Gasteiger partial charge in [0.05, 0.1) is 17.2 Å². The molecule has 0 aliphatic heterocycles. The minimum atomic E-state index is -0.656. The molecular weight excluding hydrogens is 255 g/mol. The molecule has 1 aromatic carbocycles. The second kappa shape index (κ2) is 6.00. The summed E-state index contributed by atoms with van der Waals surface area (Å²) in [5.74, 6) is -0.450. The quantitative estimate of drug-likeness (QED) is 0.911.